The van der Waals surface area contributed by atoms with Crippen LogP contribution in [0.25, 0.3) is 0 Å². The number of rotatable bonds is 9. The molecule has 0 aliphatic rings. The first-order valence-electron chi connectivity index (χ1n) is 8.51. The Bertz CT molecular complexity index is 629. The second kappa shape index (κ2) is 9.85. The highest BCUT2D eigenvalue weighted by atomic mass is 16.2. The highest BCUT2D eigenvalue weighted by Gasteiger charge is 2.13. The van der Waals surface area contributed by atoms with Gasteiger partial charge in [-0.2, -0.15) is 0 Å². The summed E-state index contributed by atoms with van der Waals surface area (Å²) < 4.78 is 0. The summed E-state index contributed by atoms with van der Waals surface area (Å²) in [6.07, 6.45) is 2.37. The fourth-order valence-corrected chi connectivity index (χ4v) is 2.73. The Morgan fingerprint density at radius 2 is 1.79 bits per heavy atom. The van der Waals surface area contributed by atoms with Crippen molar-refractivity contribution in [3.63, 3.8) is 0 Å². The minimum atomic E-state index is -0.0548. The van der Waals surface area contributed by atoms with Crippen molar-refractivity contribution in [3.8, 4) is 0 Å². The van der Waals surface area contributed by atoms with Gasteiger partial charge >= 0.3 is 0 Å². The quantitative estimate of drug-likeness (QED) is 0.662. The molecule has 4 nitrogen and oxygen atoms in total. The van der Waals surface area contributed by atoms with Crippen LogP contribution in [-0.4, -0.2) is 24.2 Å². The molecular formula is C20H26N2O2. The molecule has 2 aromatic rings. The van der Waals surface area contributed by atoms with Crippen molar-refractivity contribution in [2.75, 3.05) is 18.5 Å². The second-order valence-corrected chi connectivity index (χ2v) is 5.77. The summed E-state index contributed by atoms with van der Waals surface area (Å²) in [6.45, 7) is 2.47. The molecule has 0 aromatic heterocycles. The van der Waals surface area contributed by atoms with Crippen molar-refractivity contribution >= 4 is 11.6 Å². The molecule has 1 unspecified atom stereocenters. The maximum Gasteiger partial charge on any atom is 0.238 e. The van der Waals surface area contributed by atoms with Crippen LogP contribution in [-0.2, 0) is 11.2 Å². The largest absolute Gasteiger partial charge is 0.396 e. The topological polar surface area (TPSA) is 61.4 Å². The van der Waals surface area contributed by atoms with Crippen LogP contribution in [0.4, 0.5) is 5.69 Å². The molecule has 0 spiro atoms. The number of carbonyl (C=O) groups excluding carboxylic acids is 1. The zero-order valence-electron chi connectivity index (χ0n) is 14.2. The van der Waals surface area contributed by atoms with Crippen LogP contribution in [0.15, 0.2) is 54.6 Å². The van der Waals surface area contributed by atoms with Crippen molar-refractivity contribution < 1.29 is 9.90 Å². The van der Waals surface area contributed by atoms with Gasteiger partial charge in [0.25, 0.3) is 0 Å². The molecule has 24 heavy (non-hydrogen) atoms. The Morgan fingerprint density at radius 1 is 1.08 bits per heavy atom. The van der Waals surface area contributed by atoms with Gasteiger partial charge in [-0.3, -0.25) is 4.79 Å². The Labute approximate surface area is 143 Å². The lowest BCUT2D eigenvalue weighted by molar-refractivity contribution is -0.115. The number of nitrogens with one attached hydrogen (secondary N) is 2. The van der Waals surface area contributed by atoms with Gasteiger partial charge in [-0.1, -0.05) is 55.5 Å². The molecule has 2 aromatic carbocycles. The molecule has 0 heterocycles. The van der Waals surface area contributed by atoms with Crippen molar-refractivity contribution in [3.05, 3.63) is 65.7 Å². The first-order chi connectivity index (χ1) is 11.7. The summed E-state index contributed by atoms with van der Waals surface area (Å²) >= 11 is 0. The van der Waals surface area contributed by atoms with E-state index < -0.39 is 0 Å². The lowest BCUT2D eigenvalue weighted by Crippen LogP contribution is -2.31. The number of amides is 1. The minimum absolute atomic E-state index is 0.0548. The normalized spacial score (nSPS) is 11.9. The summed E-state index contributed by atoms with van der Waals surface area (Å²) in [4.78, 5) is 12.3. The Balaban J connectivity index is 1.94. The van der Waals surface area contributed by atoms with Gasteiger partial charge in [-0.15, -0.1) is 0 Å². The van der Waals surface area contributed by atoms with E-state index in [4.69, 9.17) is 5.11 Å². The molecule has 0 aliphatic carbocycles. The Hall–Kier alpha value is -2.17. The molecule has 0 radical (unpaired) electrons. The zero-order valence-corrected chi connectivity index (χ0v) is 14.2. The van der Waals surface area contributed by atoms with E-state index in [1.165, 1.54) is 0 Å². The fraction of sp³-hybridized carbons (Fsp3) is 0.350. The van der Waals surface area contributed by atoms with E-state index in [-0.39, 0.29) is 25.1 Å². The number of aryl methyl sites for hydroxylation is 1. The SMILES string of the molecule is CCc1ccccc1NC(=O)CNC(CCCO)c1ccccc1. The molecule has 0 bridgehead atoms. The van der Waals surface area contributed by atoms with Crippen molar-refractivity contribution in [1.29, 1.82) is 0 Å². The molecule has 1 amide bonds. The van der Waals surface area contributed by atoms with Crippen LogP contribution in [0.5, 0.6) is 0 Å². The highest BCUT2D eigenvalue weighted by molar-refractivity contribution is 5.93. The number of carbonyl (C=O) groups is 1. The third-order valence-electron chi connectivity index (χ3n) is 4.03. The molecule has 0 saturated carbocycles. The van der Waals surface area contributed by atoms with E-state index in [0.717, 1.165) is 29.7 Å². The zero-order chi connectivity index (χ0) is 17.2. The van der Waals surface area contributed by atoms with E-state index >= 15 is 0 Å². The average Bonchev–Trinajstić information content (AvgIpc) is 2.63. The Morgan fingerprint density at radius 3 is 2.50 bits per heavy atom. The molecule has 2 rings (SSSR count). The molecule has 0 saturated heterocycles. The van der Waals surface area contributed by atoms with Crippen molar-refractivity contribution in [2.45, 2.75) is 32.2 Å². The summed E-state index contributed by atoms with van der Waals surface area (Å²) in [5, 5.41) is 15.4. The maximum absolute atomic E-state index is 12.3. The number of aliphatic hydroxyl groups excluding tert-OH is 1. The third-order valence-corrected chi connectivity index (χ3v) is 4.03. The number of aliphatic hydroxyl groups is 1. The molecule has 4 heteroatoms. The standard InChI is InChI=1S/C20H26N2O2/c1-2-16-9-6-7-12-19(16)22-20(24)15-21-18(13-8-14-23)17-10-4-3-5-11-17/h3-7,9-12,18,21,23H,2,8,13-15H2,1H3,(H,22,24). The van der Waals surface area contributed by atoms with Crippen LogP contribution in [0.1, 0.15) is 36.9 Å². The first kappa shape index (κ1) is 18.2. The van der Waals surface area contributed by atoms with Crippen molar-refractivity contribution in [1.82, 2.24) is 5.32 Å². The number of benzene rings is 2. The van der Waals surface area contributed by atoms with Gasteiger partial charge < -0.3 is 15.7 Å². The number of anilines is 1. The van der Waals surface area contributed by atoms with E-state index in [1.54, 1.807) is 0 Å². The predicted octanol–water partition coefficient (Wildman–Crippen LogP) is 3.29. The maximum atomic E-state index is 12.3. The summed E-state index contributed by atoms with van der Waals surface area (Å²) in [5.74, 6) is -0.0548. The molecule has 3 N–H and O–H groups in total. The van der Waals surface area contributed by atoms with Gasteiger partial charge in [0.2, 0.25) is 5.91 Å². The van der Waals surface area contributed by atoms with Gasteiger partial charge in [-0.05, 0) is 36.5 Å². The van der Waals surface area contributed by atoms with Crippen LogP contribution in [0.2, 0.25) is 0 Å². The van der Waals surface area contributed by atoms with Crippen LogP contribution in [0.3, 0.4) is 0 Å². The summed E-state index contributed by atoms with van der Waals surface area (Å²) in [7, 11) is 0. The molecule has 0 aliphatic heterocycles. The van der Waals surface area contributed by atoms with Gasteiger partial charge in [-0.25, -0.2) is 0 Å². The lowest BCUT2D eigenvalue weighted by atomic mass is 10.0. The summed E-state index contributed by atoms with van der Waals surface area (Å²) in [5.41, 5.74) is 3.14. The number of para-hydroxylation sites is 1. The van der Waals surface area contributed by atoms with Gasteiger partial charge in [0, 0.05) is 18.3 Å². The van der Waals surface area contributed by atoms with E-state index in [0.29, 0.717) is 6.42 Å². The lowest BCUT2D eigenvalue weighted by Gasteiger charge is -2.19. The minimum Gasteiger partial charge on any atom is -0.396 e. The third kappa shape index (κ3) is 5.48. The molecular weight excluding hydrogens is 300 g/mol. The first-order valence-corrected chi connectivity index (χ1v) is 8.51. The number of hydrogen-bond donors (Lipinski definition) is 3. The monoisotopic (exact) mass is 326 g/mol. The van der Waals surface area contributed by atoms with E-state index in [1.807, 2.05) is 54.6 Å². The Kier molecular flexibility index (Phi) is 7.46. The van der Waals surface area contributed by atoms with Gasteiger partial charge in [0.05, 0.1) is 6.54 Å². The van der Waals surface area contributed by atoms with Crippen LogP contribution >= 0.6 is 0 Å². The second-order valence-electron chi connectivity index (χ2n) is 5.77. The molecule has 128 valence electrons. The average molecular weight is 326 g/mol. The number of hydrogen-bond acceptors (Lipinski definition) is 3. The smallest absolute Gasteiger partial charge is 0.238 e. The van der Waals surface area contributed by atoms with Crippen LogP contribution in [0, 0.1) is 0 Å². The van der Waals surface area contributed by atoms with Crippen molar-refractivity contribution in [2.24, 2.45) is 0 Å². The predicted molar refractivity (Wildman–Crippen MR) is 98.0 cm³/mol. The van der Waals surface area contributed by atoms with E-state index in [2.05, 4.69) is 17.6 Å². The fourth-order valence-electron chi connectivity index (χ4n) is 2.73. The molecule has 1 atom stereocenters. The van der Waals surface area contributed by atoms with Crippen LogP contribution < -0.4 is 10.6 Å². The van der Waals surface area contributed by atoms with Gasteiger partial charge in [0.1, 0.15) is 0 Å². The summed E-state index contributed by atoms with van der Waals surface area (Å²) in [6, 6.07) is 17.9. The van der Waals surface area contributed by atoms with Gasteiger partial charge in [0.15, 0.2) is 0 Å². The van der Waals surface area contributed by atoms with E-state index in [9.17, 15) is 4.79 Å². The molecule has 0 fully saturated rings. The highest BCUT2D eigenvalue weighted by Crippen LogP contribution is 2.18.